The fraction of sp³-hybridized carbons (Fsp3) is 0.652. The van der Waals surface area contributed by atoms with Crippen LogP contribution >= 0.6 is 0 Å². The molecule has 0 amide bonds. The van der Waals surface area contributed by atoms with Gasteiger partial charge >= 0.3 is 17.9 Å². The normalized spacial score (nSPS) is 13.0. The van der Waals surface area contributed by atoms with Crippen molar-refractivity contribution in [3.8, 4) is 0 Å². The van der Waals surface area contributed by atoms with Gasteiger partial charge in [-0.1, -0.05) is 239 Å². The first-order chi connectivity index (χ1) is 35.5. The largest absolute Gasteiger partial charge is 0.462 e. The molecule has 1 atom stereocenters. The third-order valence-electron chi connectivity index (χ3n) is 12.2. The van der Waals surface area contributed by atoms with Gasteiger partial charge < -0.3 is 14.2 Å². The van der Waals surface area contributed by atoms with Gasteiger partial charge in [0.25, 0.3) is 0 Å². The first-order valence-corrected chi connectivity index (χ1v) is 29.5. The summed E-state index contributed by atoms with van der Waals surface area (Å²) in [6, 6.07) is 0. The molecule has 0 aliphatic rings. The minimum absolute atomic E-state index is 0.0921. The van der Waals surface area contributed by atoms with Gasteiger partial charge in [-0.15, -0.1) is 0 Å². The summed E-state index contributed by atoms with van der Waals surface area (Å²) in [7, 11) is 0. The van der Waals surface area contributed by atoms with Crippen LogP contribution in [0, 0.1) is 0 Å². The highest BCUT2D eigenvalue weighted by Gasteiger charge is 2.19. The zero-order valence-corrected chi connectivity index (χ0v) is 46.7. The average Bonchev–Trinajstić information content (AvgIpc) is 3.38. The van der Waals surface area contributed by atoms with Gasteiger partial charge in [0.2, 0.25) is 0 Å². The molecule has 0 saturated heterocycles. The van der Waals surface area contributed by atoms with E-state index in [1.165, 1.54) is 64.2 Å². The second-order valence-electron chi connectivity index (χ2n) is 19.1. The Hall–Kier alpha value is -4.19. The number of carbonyl (C=O) groups excluding carboxylic acids is 3. The second-order valence-corrected chi connectivity index (χ2v) is 19.1. The van der Waals surface area contributed by atoms with Crippen LogP contribution in [0.5, 0.6) is 0 Å². The summed E-state index contributed by atoms with van der Waals surface area (Å²) in [5.74, 6) is -0.926. The number of carbonyl (C=O) groups is 3. The number of unbranched alkanes of at least 4 members (excludes halogenated alkanes) is 21. The lowest BCUT2D eigenvalue weighted by Crippen LogP contribution is -2.30. The Bertz CT molecular complexity index is 1520. The predicted molar refractivity (Wildman–Crippen MR) is 311 cm³/mol. The first-order valence-electron chi connectivity index (χ1n) is 29.5. The van der Waals surface area contributed by atoms with Crippen LogP contribution < -0.4 is 0 Å². The van der Waals surface area contributed by atoms with E-state index in [2.05, 4.69) is 142 Å². The standard InChI is InChI=1S/C66H108O6/c1-4-7-10-13-16-19-22-24-26-27-28-29-30-31-32-33-34-35-36-37-38-39-41-42-44-47-50-53-56-59-65(68)71-62-63(61-70-64(67)58-55-52-49-46-21-18-15-12-9-6-3)72-66(69)60-57-54-51-48-45-43-40-25-23-20-17-14-11-8-5-2/h7-8,10-12,15-17,19-20,24-26,28-29,31-32,34-35,40,63H,4-6,9,13-14,18,21-23,27,30,33,36-39,41-62H2,1-3H3/b10-7-,11-8-,15-12-,19-16-,20-17-,26-24-,29-28-,32-31-,35-34-,40-25-. The van der Waals surface area contributed by atoms with Gasteiger partial charge in [0.15, 0.2) is 6.10 Å². The van der Waals surface area contributed by atoms with Crippen molar-refractivity contribution in [2.75, 3.05) is 13.2 Å². The molecule has 0 aromatic carbocycles. The van der Waals surface area contributed by atoms with Crippen molar-refractivity contribution < 1.29 is 28.6 Å². The van der Waals surface area contributed by atoms with Gasteiger partial charge in [-0.25, -0.2) is 0 Å². The van der Waals surface area contributed by atoms with Gasteiger partial charge in [0.1, 0.15) is 13.2 Å². The molecule has 0 aliphatic heterocycles. The first kappa shape index (κ1) is 67.8. The molecule has 0 saturated carbocycles. The Labute approximate surface area is 443 Å². The monoisotopic (exact) mass is 997 g/mol. The summed E-state index contributed by atoms with van der Waals surface area (Å²) in [5, 5.41) is 0. The number of ether oxygens (including phenoxy) is 3. The lowest BCUT2D eigenvalue weighted by Gasteiger charge is -2.18. The third-order valence-corrected chi connectivity index (χ3v) is 12.2. The van der Waals surface area contributed by atoms with Crippen LogP contribution in [0.2, 0.25) is 0 Å². The van der Waals surface area contributed by atoms with Gasteiger partial charge in [-0.05, 0) is 122 Å². The minimum atomic E-state index is -0.794. The molecule has 6 heteroatoms. The summed E-state index contributed by atoms with van der Waals surface area (Å²) in [5.41, 5.74) is 0. The van der Waals surface area contributed by atoms with Crippen molar-refractivity contribution in [1.29, 1.82) is 0 Å². The molecule has 0 fully saturated rings. The lowest BCUT2D eigenvalue weighted by molar-refractivity contribution is -0.167. The second kappa shape index (κ2) is 59.4. The van der Waals surface area contributed by atoms with Crippen LogP contribution in [-0.4, -0.2) is 37.2 Å². The van der Waals surface area contributed by atoms with Crippen LogP contribution in [0.3, 0.4) is 0 Å². The Kier molecular flexibility index (Phi) is 55.9. The average molecular weight is 998 g/mol. The number of hydrogen-bond acceptors (Lipinski definition) is 6. The summed E-state index contributed by atoms with van der Waals surface area (Å²) in [6.45, 7) is 6.32. The van der Waals surface area contributed by atoms with E-state index in [0.29, 0.717) is 19.3 Å². The van der Waals surface area contributed by atoms with Crippen molar-refractivity contribution in [3.63, 3.8) is 0 Å². The van der Waals surface area contributed by atoms with E-state index in [0.717, 1.165) is 154 Å². The van der Waals surface area contributed by atoms with Gasteiger partial charge in [-0.3, -0.25) is 14.4 Å². The molecule has 0 bridgehead atoms. The quantitative estimate of drug-likeness (QED) is 0.0261. The molecule has 0 heterocycles. The molecule has 0 spiro atoms. The predicted octanol–water partition coefficient (Wildman–Crippen LogP) is 20.0. The number of esters is 3. The van der Waals surface area contributed by atoms with Crippen LogP contribution in [0.15, 0.2) is 122 Å². The molecular formula is C66H108O6. The highest BCUT2D eigenvalue weighted by atomic mass is 16.6. The zero-order chi connectivity index (χ0) is 52.2. The van der Waals surface area contributed by atoms with E-state index in [1.807, 2.05) is 0 Å². The molecule has 0 N–H and O–H groups in total. The minimum Gasteiger partial charge on any atom is -0.462 e. The molecule has 0 rings (SSSR count). The van der Waals surface area contributed by atoms with Crippen LogP contribution in [-0.2, 0) is 28.6 Å². The van der Waals surface area contributed by atoms with Crippen LogP contribution in [0.4, 0.5) is 0 Å². The van der Waals surface area contributed by atoms with E-state index >= 15 is 0 Å². The number of hydrogen-bond donors (Lipinski definition) is 0. The van der Waals surface area contributed by atoms with Gasteiger partial charge in [0, 0.05) is 19.3 Å². The SMILES string of the molecule is CC/C=C\C/C=C\C/C=C\C/C=C\C/C=C\C/C=C\CCCCCCCCCCCCC(=O)OCC(COC(=O)CCCCCCC/C=C\CCC)OC(=O)CCCCCCC/C=C\C/C=C\C/C=C\CC. The smallest absolute Gasteiger partial charge is 0.306 e. The molecule has 72 heavy (non-hydrogen) atoms. The maximum Gasteiger partial charge on any atom is 0.306 e. The highest BCUT2D eigenvalue weighted by Crippen LogP contribution is 2.15. The Morgan fingerprint density at radius 2 is 0.542 bits per heavy atom. The molecule has 6 nitrogen and oxygen atoms in total. The molecule has 0 radical (unpaired) electrons. The summed E-state index contributed by atoms with van der Waals surface area (Å²) >= 11 is 0. The molecule has 408 valence electrons. The summed E-state index contributed by atoms with van der Waals surface area (Å²) in [6.07, 6.45) is 82.0. The van der Waals surface area contributed by atoms with Crippen molar-refractivity contribution in [2.24, 2.45) is 0 Å². The zero-order valence-electron chi connectivity index (χ0n) is 46.7. The van der Waals surface area contributed by atoms with E-state index < -0.39 is 6.10 Å². The lowest BCUT2D eigenvalue weighted by atomic mass is 10.1. The molecule has 0 aromatic heterocycles. The molecular weight excluding hydrogens is 889 g/mol. The van der Waals surface area contributed by atoms with Crippen molar-refractivity contribution >= 4 is 17.9 Å². The highest BCUT2D eigenvalue weighted by molar-refractivity contribution is 5.71. The van der Waals surface area contributed by atoms with Crippen molar-refractivity contribution in [1.82, 2.24) is 0 Å². The Morgan fingerprint density at radius 3 is 0.861 bits per heavy atom. The van der Waals surface area contributed by atoms with Crippen molar-refractivity contribution in [2.45, 2.75) is 264 Å². The maximum absolute atomic E-state index is 12.8. The Morgan fingerprint density at radius 1 is 0.292 bits per heavy atom. The van der Waals surface area contributed by atoms with Crippen LogP contribution in [0.1, 0.15) is 258 Å². The third kappa shape index (κ3) is 56.7. The van der Waals surface area contributed by atoms with E-state index in [1.54, 1.807) is 0 Å². The van der Waals surface area contributed by atoms with Crippen molar-refractivity contribution in [3.05, 3.63) is 122 Å². The van der Waals surface area contributed by atoms with Crippen LogP contribution in [0.25, 0.3) is 0 Å². The number of rotatable bonds is 52. The topological polar surface area (TPSA) is 78.9 Å². The Balaban J connectivity index is 4.25. The fourth-order valence-electron chi connectivity index (χ4n) is 7.82. The summed E-state index contributed by atoms with van der Waals surface area (Å²) in [4.78, 5) is 38.1. The van der Waals surface area contributed by atoms with E-state index in [-0.39, 0.29) is 31.1 Å². The molecule has 0 aromatic rings. The van der Waals surface area contributed by atoms with E-state index in [4.69, 9.17) is 14.2 Å². The maximum atomic E-state index is 12.8. The van der Waals surface area contributed by atoms with Gasteiger partial charge in [-0.2, -0.15) is 0 Å². The number of allylic oxidation sites excluding steroid dienone is 20. The van der Waals surface area contributed by atoms with E-state index in [9.17, 15) is 14.4 Å². The molecule has 0 aliphatic carbocycles. The fourth-order valence-corrected chi connectivity index (χ4v) is 7.82. The van der Waals surface area contributed by atoms with Gasteiger partial charge in [0.05, 0.1) is 0 Å². The summed E-state index contributed by atoms with van der Waals surface area (Å²) < 4.78 is 16.8. The molecule has 1 unspecified atom stereocenters.